The molecule has 25 heavy (non-hydrogen) atoms. The molecule has 2 amide bonds. The van der Waals surface area contributed by atoms with Crippen LogP contribution in [0.3, 0.4) is 0 Å². The van der Waals surface area contributed by atoms with Gasteiger partial charge in [-0.05, 0) is 24.1 Å². The van der Waals surface area contributed by atoms with Gasteiger partial charge in [0.2, 0.25) is 0 Å². The zero-order chi connectivity index (χ0) is 17.6. The van der Waals surface area contributed by atoms with Crippen LogP contribution in [0.5, 0.6) is 5.75 Å². The Morgan fingerprint density at radius 3 is 2.76 bits per heavy atom. The topological polar surface area (TPSA) is 58.6 Å². The van der Waals surface area contributed by atoms with Crippen molar-refractivity contribution >= 4 is 17.5 Å². The maximum Gasteiger partial charge on any atom is 0.262 e. The molecule has 2 aromatic rings. The fourth-order valence-electron chi connectivity index (χ4n) is 2.79. The van der Waals surface area contributed by atoms with E-state index in [9.17, 15) is 9.59 Å². The molecular formula is C20H20N2O3. The molecule has 0 aliphatic carbocycles. The van der Waals surface area contributed by atoms with E-state index < -0.39 is 0 Å². The fourth-order valence-corrected chi connectivity index (χ4v) is 2.79. The van der Waals surface area contributed by atoms with Crippen LogP contribution in [0.15, 0.2) is 61.2 Å². The summed E-state index contributed by atoms with van der Waals surface area (Å²) in [6.07, 6.45) is 2.47. The highest BCUT2D eigenvalue weighted by molar-refractivity contribution is 6.03. The third kappa shape index (κ3) is 3.88. The summed E-state index contributed by atoms with van der Waals surface area (Å²) in [4.78, 5) is 26.2. The van der Waals surface area contributed by atoms with Crippen LogP contribution >= 0.6 is 0 Å². The van der Waals surface area contributed by atoms with Crippen LogP contribution in [-0.4, -0.2) is 36.4 Å². The molecule has 0 radical (unpaired) electrons. The Balaban J connectivity index is 1.80. The van der Waals surface area contributed by atoms with E-state index in [1.807, 2.05) is 30.3 Å². The zero-order valence-corrected chi connectivity index (χ0v) is 13.9. The molecule has 2 aromatic carbocycles. The highest BCUT2D eigenvalue weighted by Crippen LogP contribution is 2.32. The van der Waals surface area contributed by atoms with Crippen molar-refractivity contribution in [2.45, 2.75) is 6.42 Å². The summed E-state index contributed by atoms with van der Waals surface area (Å²) in [5, 5.41) is 2.73. The molecule has 3 rings (SSSR count). The zero-order valence-electron chi connectivity index (χ0n) is 13.9. The largest absolute Gasteiger partial charge is 0.481 e. The molecule has 0 fully saturated rings. The molecule has 5 heteroatoms. The van der Waals surface area contributed by atoms with Gasteiger partial charge in [0, 0.05) is 13.1 Å². The maximum atomic E-state index is 13.0. The van der Waals surface area contributed by atoms with E-state index in [2.05, 4.69) is 11.9 Å². The smallest absolute Gasteiger partial charge is 0.262 e. The number of benzene rings is 2. The molecule has 0 bridgehead atoms. The summed E-state index contributed by atoms with van der Waals surface area (Å²) in [5.41, 5.74) is 2.15. The number of carbonyl (C=O) groups is 2. The Labute approximate surface area is 146 Å². The van der Waals surface area contributed by atoms with Crippen LogP contribution in [0.25, 0.3) is 0 Å². The normalized spacial score (nSPS) is 12.6. The van der Waals surface area contributed by atoms with E-state index in [0.29, 0.717) is 30.1 Å². The first-order chi connectivity index (χ1) is 12.2. The minimum absolute atomic E-state index is 0.0806. The van der Waals surface area contributed by atoms with E-state index >= 15 is 0 Å². The number of hydrogen-bond donors (Lipinski definition) is 1. The van der Waals surface area contributed by atoms with Crippen LogP contribution < -0.4 is 10.1 Å². The van der Waals surface area contributed by atoms with Crippen LogP contribution in [0.2, 0.25) is 0 Å². The van der Waals surface area contributed by atoms with Crippen LogP contribution in [-0.2, 0) is 11.2 Å². The Kier molecular flexibility index (Phi) is 5.14. The number of anilines is 1. The van der Waals surface area contributed by atoms with Gasteiger partial charge in [-0.15, -0.1) is 6.58 Å². The molecule has 128 valence electrons. The first kappa shape index (κ1) is 16.8. The monoisotopic (exact) mass is 336 g/mol. The fraction of sp³-hybridized carbons (Fsp3) is 0.200. The molecule has 0 saturated carbocycles. The second-order valence-corrected chi connectivity index (χ2v) is 5.79. The van der Waals surface area contributed by atoms with Gasteiger partial charge in [-0.25, -0.2) is 0 Å². The number of para-hydroxylation sites is 1. The molecule has 1 aliphatic heterocycles. The molecule has 0 aromatic heterocycles. The van der Waals surface area contributed by atoms with Gasteiger partial charge in [-0.2, -0.15) is 0 Å². The molecule has 0 saturated heterocycles. The lowest BCUT2D eigenvalue weighted by Gasteiger charge is -2.25. The van der Waals surface area contributed by atoms with Crippen LogP contribution in [0.4, 0.5) is 5.69 Å². The van der Waals surface area contributed by atoms with Crippen molar-refractivity contribution in [2.75, 3.05) is 25.0 Å². The van der Waals surface area contributed by atoms with E-state index in [1.54, 1.807) is 29.2 Å². The summed E-state index contributed by atoms with van der Waals surface area (Å²) in [7, 11) is 0. The van der Waals surface area contributed by atoms with E-state index in [4.69, 9.17) is 4.74 Å². The third-order valence-electron chi connectivity index (χ3n) is 4.02. The van der Waals surface area contributed by atoms with E-state index in [0.717, 1.165) is 6.42 Å². The molecule has 5 nitrogen and oxygen atoms in total. The van der Waals surface area contributed by atoms with Crippen molar-refractivity contribution in [3.63, 3.8) is 0 Å². The van der Waals surface area contributed by atoms with Gasteiger partial charge in [-0.1, -0.05) is 42.5 Å². The molecule has 1 N–H and O–H groups in total. The number of amides is 2. The molecular weight excluding hydrogens is 316 g/mol. The first-order valence-corrected chi connectivity index (χ1v) is 8.19. The third-order valence-corrected chi connectivity index (χ3v) is 4.02. The average Bonchev–Trinajstić information content (AvgIpc) is 2.64. The Hall–Kier alpha value is -3.08. The molecule has 1 aliphatic rings. The van der Waals surface area contributed by atoms with Crippen LogP contribution in [0.1, 0.15) is 15.9 Å². The number of carbonyl (C=O) groups excluding carboxylic acids is 2. The number of ether oxygens (including phenoxy) is 1. The second-order valence-electron chi connectivity index (χ2n) is 5.79. The summed E-state index contributed by atoms with van der Waals surface area (Å²) in [6.45, 7) is 4.69. The first-order valence-electron chi connectivity index (χ1n) is 8.19. The van der Waals surface area contributed by atoms with Gasteiger partial charge in [0.1, 0.15) is 0 Å². The Bertz CT molecular complexity index is 787. The lowest BCUT2D eigenvalue weighted by atomic mass is 10.1. The van der Waals surface area contributed by atoms with Gasteiger partial charge >= 0.3 is 0 Å². The Morgan fingerprint density at radius 1 is 1.20 bits per heavy atom. The van der Waals surface area contributed by atoms with Gasteiger partial charge in [0.05, 0.1) is 11.3 Å². The second kappa shape index (κ2) is 7.66. The van der Waals surface area contributed by atoms with E-state index in [1.165, 1.54) is 5.56 Å². The van der Waals surface area contributed by atoms with Crippen molar-refractivity contribution in [2.24, 2.45) is 0 Å². The van der Waals surface area contributed by atoms with Crippen molar-refractivity contribution in [1.29, 1.82) is 0 Å². The summed E-state index contributed by atoms with van der Waals surface area (Å²) < 4.78 is 5.49. The van der Waals surface area contributed by atoms with Gasteiger partial charge < -0.3 is 15.0 Å². The highest BCUT2D eigenvalue weighted by Gasteiger charge is 2.25. The highest BCUT2D eigenvalue weighted by atomic mass is 16.5. The predicted octanol–water partition coefficient (Wildman–Crippen LogP) is 2.89. The lowest BCUT2D eigenvalue weighted by molar-refractivity contribution is -0.118. The molecule has 0 spiro atoms. The van der Waals surface area contributed by atoms with E-state index in [-0.39, 0.29) is 18.4 Å². The standard InChI is InChI=1S/C20H20N2O3/c1-2-12-22(13-11-15-7-4-3-5-8-15)20(24)16-9-6-10-17-19(16)25-14-18(23)21-17/h2-10H,1,11-14H2,(H,21,23). The summed E-state index contributed by atoms with van der Waals surface area (Å²) >= 11 is 0. The Morgan fingerprint density at radius 2 is 2.00 bits per heavy atom. The number of fused-ring (bicyclic) bond motifs is 1. The predicted molar refractivity (Wildman–Crippen MR) is 96.8 cm³/mol. The van der Waals surface area contributed by atoms with Crippen molar-refractivity contribution in [3.8, 4) is 5.75 Å². The number of nitrogens with zero attached hydrogens (tertiary/aromatic N) is 1. The van der Waals surface area contributed by atoms with Crippen molar-refractivity contribution in [3.05, 3.63) is 72.3 Å². The number of nitrogens with one attached hydrogen (secondary N) is 1. The van der Waals surface area contributed by atoms with Crippen molar-refractivity contribution < 1.29 is 14.3 Å². The SMILES string of the molecule is C=CCN(CCc1ccccc1)C(=O)c1cccc2c1OCC(=O)N2. The minimum Gasteiger partial charge on any atom is -0.481 e. The van der Waals surface area contributed by atoms with Crippen LogP contribution in [0, 0.1) is 0 Å². The van der Waals surface area contributed by atoms with Gasteiger partial charge in [0.25, 0.3) is 11.8 Å². The molecule has 1 heterocycles. The summed E-state index contributed by atoms with van der Waals surface area (Å²) in [5.74, 6) is 0.0776. The summed E-state index contributed by atoms with van der Waals surface area (Å²) in [6, 6.07) is 15.2. The molecule has 0 atom stereocenters. The van der Waals surface area contributed by atoms with Crippen molar-refractivity contribution in [1.82, 2.24) is 4.90 Å². The lowest BCUT2D eigenvalue weighted by Crippen LogP contribution is -2.34. The number of rotatable bonds is 6. The average molecular weight is 336 g/mol. The number of hydrogen-bond acceptors (Lipinski definition) is 3. The van der Waals surface area contributed by atoms with Gasteiger partial charge in [-0.3, -0.25) is 9.59 Å². The minimum atomic E-state index is -0.218. The van der Waals surface area contributed by atoms with Gasteiger partial charge in [0.15, 0.2) is 12.4 Å². The maximum absolute atomic E-state index is 13.0. The quantitative estimate of drug-likeness (QED) is 0.825. The molecule has 0 unspecified atom stereocenters.